The highest BCUT2D eigenvalue weighted by molar-refractivity contribution is 9.10. The first-order valence-corrected chi connectivity index (χ1v) is 6.06. The number of halogens is 8. The predicted octanol–water partition coefficient (Wildman–Crippen LogP) is 4.88. The van der Waals surface area contributed by atoms with Crippen LogP contribution in [0, 0.1) is 0 Å². The molecule has 0 saturated carbocycles. The number of benzene rings is 1. The van der Waals surface area contributed by atoms with E-state index in [1.807, 2.05) is 0 Å². The van der Waals surface area contributed by atoms with Crippen molar-refractivity contribution in [1.29, 1.82) is 0 Å². The molecule has 0 bridgehead atoms. The van der Waals surface area contributed by atoms with Crippen LogP contribution < -0.4 is 5.73 Å². The Kier molecular flexibility index (Phi) is 4.34. The van der Waals surface area contributed by atoms with Crippen molar-refractivity contribution in [3.8, 4) is 0 Å². The third-order valence-corrected chi connectivity index (χ3v) is 3.43. The van der Waals surface area contributed by atoms with Crippen molar-refractivity contribution in [3.05, 3.63) is 27.7 Å². The van der Waals surface area contributed by atoms with Gasteiger partial charge in [0, 0.05) is 15.7 Å². The summed E-state index contributed by atoms with van der Waals surface area (Å²) < 4.78 is 89.3. The first kappa shape index (κ1) is 17.1. The van der Waals surface area contributed by atoms with Crippen molar-refractivity contribution < 1.29 is 30.7 Å². The summed E-state index contributed by atoms with van der Waals surface area (Å²) in [5.74, 6) is 0. The summed E-state index contributed by atoms with van der Waals surface area (Å²) in [5.41, 5.74) is -1.53. The number of rotatable bonds is 2. The van der Waals surface area contributed by atoms with Crippen LogP contribution in [0.2, 0.25) is 0 Å². The molecule has 0 heterocycles. The van der Waals surface area contributed by atoms with Crippen molar-refractivity contribution in [2.24, 2.45) is 0 Å². The van der Waals surface area contributed by atoms with Gasteiger partial charge in [0.1, 0.15) is 0 Å². The number of anilines is 1. The molecule has 114 valence electrons. The van der Waals surface area contributed by atoms with Crippen molar-refractivity contribution >= 4 is 21.6 Å². The smallest absolute Gasteiger partial charge is 0.398 e. The van der Waals surface area contributed by atoms with Gasteiger partial charge in [-0.1, -0.05) is 6.92 Å². The fraction of sp³-hybridized carbons (Fsp3) is 0.455. The zero-order valence-corrected chi connectivity index (χ0v) is 11.5. The molecule has 0 spiro atoms. The molecule has 9 heteroatoms. The van der Waals surface area contributed by atoms with Gasteiger partial charge in [-0.3, -0.25) is 0 Å². The van der Waals surface area contributed by atoms with E-state index in [-0.39, 0.29) is 22.1 Å². The Morgan fingerprint density at radius 2 is 1.45 bits per heavy atom. The van der Waals surface area contributed by atoms with Gasteiger partial charge in [-0.25, -0.2) is 4.39 Å². The average Bonchev–Trinajstić information content (AvgIpc) is 2.28. The van der Waals surface area contributed by atoms with Crippen LogP contribution in [-0.4, -0.2) is 12.4 Å². The molecule has 0 aliphatic heterocycles. The molecule has 1 aromatic rings. The Morgan fingerprint density at radius 3 is 1.80 bits per heavy atom. The van der Waals surface area contributed by atoms with Crippen LogP contribution in [0.4, 0.5) is 36.4 Å². The molecule has 2 N–H and O–H groups in total. The van der Waals surface area contributed by atoms with E-state index in [1.165, 1.54) is 6.92 Å². The molecule has 0 aliphatic rings. The lowest BCUT2D eigenvalue weighted by Crippen LogP contribution is -2.50. The Hall–Kier alpha value is -0.990. The number of aryl methyl sites for hydroxylation is 1. The quantitative estimate of drug-likeness (QED) is 0.584. The molecule has 0 aliphatic carbocycles. The summed E-state index contributed by atoms with van der Waals surface area (Å²) in [6, 6.07) is 0.885. The summed E-state index contributed by atoms with van der Waals surface area (Å²) in [6.07, 6.45) is -12.2. The van der Waals surface area contributed by atoms with E-state index in [2.05, 4.69) is 15.9 Å². The summed E-state index contributed by atoms with van der Waals surface area (Å²) in [4.78, 5) is 0. The number of alkyl halides is 7. The van der Waals surface area contributed by atoms with E-state index in [1.54, 1.807) is 0 Å². The molecular formula is C11H9BrF7N. The predicted molar refractivity (Wildman–Crippen MR) is 62.8 cm³/mol. The molecule has 0 unspecified atom stereocenters. The summed E-state index contributed by atoms with van der Waals surface area (Å²) in [7, 11) is 0. The van der Waals surface area contributed by atoms with E-state index < -0.39 is 23.6 Å². The molecule has 1 rings (SSSR count). The van der Waals surface area contributed by atoms with Crippen LogP contribution in [0.5, 0.6) is 0 Å². The van der Waals surface area contributed by atoms with Gasteiger partial charge in [0.25, 0.3) is 0 Å². The van der Waals surface area contributed by atoms with Gasteiger partial charge in [0.05, 0.1) is 0 Å². The highest BCUT2D eigenvalue weighted by Crippen LogP contribution is 2.54. The molecule has 0 saturated heterocycles. The Labute approximate surface area is 118 Å². The van der Waals surface area contributed by atoms with Crippen LogP contribution in [0.3, 0.4) is 0 Å². The maximum Gasteiger partial charge on any atom is 0.435 e. The third-order valence-electron chi connectivity index (χ3n) is 2.78. The Balaban J connectivity index is 3.65. The summed E-state index contributed by atoms with van der Waals surface area (Å²) in [6.45, 7) is 1.48. The highest BCUT2D eigenvalue weighted by Gasteiger charge is 2.73. The van der Waals surface area contributed by atoms with Gasteiger partial charge >= 0.3 is 18.0 Å². The van der Waals surface area contributed by atoms with Gasteiger partial charge in [-0.15, -0.1) is 0 Å². The second kappa shape index (κ2) is 5.09. The first-order chi connectivity index (χ1) is 8.86. The van der Waals surface area contributed by atoms with Crippen LogP contribution >= 0.6 is 15.9 Å². The highest BCUT2D eigenvalue weighted by atomic mass is 79.9. The number of hydrogen-bond donors (Lipinski definition) is 1. The molecule has 1 nitrogen and oxygen atoms in total. The zero-order chi connectivity index (χ0) is 15.9. The van der Waals surface area contributed by atoms with E-state index >= 15 is 0 Å². The lowest BCUT2D eigenvalue weighted by Gasteiger charge is -2.31. The number of nitrogens with two attached hydrogens (primary N) is 1. The monoisotopic (exact) mass is 367 g/mol. The third kappa shape index (κ3) is 2.59. The first-order valence-electron chi connectivity index (χ1n) is 5.27. The standard InChI is InChI=1S/C11H9BrF7N/c1-2-5-3-6(4-7(12)8(5)20)9(13,10(14,15)16)11(17,18)19/h3-4H,2,20H2,1H3. The number of nitrogen functional groups attached to an aromatic ring is 1. The van der Waals surface area contributed by atoms with Crippen LogP contribution in [0.25, 0.3) is 0 Å². The normalized spacial score (nSPS) is 13.7. The van der Waals surface area contributed by atoms with Crippen molar-refractivity contribution in [1.82, 2.24) is 0 Å². The van der Waals surface area contributed by atoms with Crippen LogP contribution in [0.1, 0.15) is 18.1 Å². The molecule has 0 aromatic heterocycles. The fourth-order valence-corrected chi connectivity index (χ4v) is 2.16. The summed E-state index contributed by atoms with van der Waals surface area (Å²) >= 11 is 2.74. The SMILES string of the molecule is CCc1cc(C(F)(C(F)(F)F)C(F)(F)F)cc(Br)c1N. The van der Waals surface area contributed by atoms with Crippen molar-refractivity contribution in [2.45, 2.75) is 31.4 Å². The lowest BCUT2D eigenvalue weighted by atomic mass is 9.91. The minimum absolute atomic E-state index is 0.00935. The zero-order valence-electron chi connectivity index (χ0n) is 9.96. The van der Waals surface area contributed by atoms with E-state index in [0.29, 0.717) is 12.1 Å². The molecule has 20 heavy (non-hydrogen) atoms. The fourth-order valence-electron chi connectivity index (χ4n) is 1.65. The number of hydrogen-bond acceptors (Lipinski definition) is 1. The summed E-state index contributed by atoms with van der Waals surface area (Å²) in [5, 5.41) is 0. The minimum Gasteiger partial charge on any atom is -0.398 e. The minimum atomic E-state index is -6.13. The van der Waals surface area contributed by atoms with Gasteiger partial charge in [0.2, 0.25) is 0 Å². The maximum absolute atomic E-state index is 13.9. The largest absolute Gasteiger partial charge is 0.435 e. The average molecular weight is 368 g/mol. The lowest BCUT2D eigenvalue weighted by molar-refractivity contribution is -0.348. The van der Waals surface area contributed by atoms with Crippen molar-refractivity contribution in [2.75, 3.05) is 5.73 Å². The second-order valence-corrected chi connectivity index (χ2v) is 4.89. The van der Waals surface area contributed by atoms with Gasteiger partial charge in [-0.05, 0) is 40.0 Å². The van der Waals surface area contributed by atoms with Gasteiger partial charge in [0.15, 0.2) is 0 Å². The van der Waals surface area contributed by atoms with Crippen molar-refractivity contribution in [3.63, 3.8) is 0 Å². The topological polar surface area (TPSA) is 26.0 Å². The van der Waals surface area contributed by atoms with E-state index in [9.17, 15) is 30.7 Å². The van der Waals surface area contributed by atoms with Gasteiger partial charge < -0.3 is 5.73 Å². The van der Waals surface area contributed by atoms with Gasteiger partial charge in [-0.2, -0.15) is 26.3 Å². The molecular weight excluding hydrogens is 359 g/mol. The molecule has 1 aromatic carbocycles. The second-order valence-electron chi connectivity index (χ2n) is 4.04. The molecule has 0 amide bonds. The van der Waals surface area contributed by atoms with E-state index in [4.69, 9.17) is 5.73 Å². The van der Waals surface area contributed by atoms with Crippen LogP contribution in [0.15, 0.2) is 16.6 Å². The van der Waals surface area contributed by atoms with E-state index in [0.717, 1.165) is 0 Å². The maximum atomic E-state index is 13.9. The molecule has 0 radical (unpaired) electrons. The molecule has 0 fully saturated rings. The van der Waals surface area contributed by atoms with Crippen LogP contribution in [-0.2, 0) is 12.1 Å². The Morgan fingerprint density at radius 1 is 1.00 bits per heavy atom. The molecule has 0 atom stereocenters. The Bertz CT molecular complexity index is 493.